The molecule has 0 unspecified atom stereocenters. The Morgan fingerprint density at radius 3 is 2.54 bits per heavy atom. The first-order chi connectivity index (χ1) is 35.0. The second kappa shape index (κ2) is 21.4. The summed E-state index contributed by atoms with van der Waals surface area (Å²) in [6.45, 7) is 2.85. The molecule has 0 saturated heterocycles. The van der Waals surface area contributed by atoms with Crippen molar-refractivity contribution in [1.82, 2.24) is 15.3 Å². The van der Waals surface area contributed by atoms with E-state index in [2.05, 4.69) is 57.6 Å². The first-order valence-corrected chi connectivity index (χ1v) is 26.2. The molecule has 5 bridgehead atoms. The van der Waals surface area contributed by atoms with Crippen molar-refractivity contribution in [3.8, 4) is 29.1 Å². The number of aromatic amines is 2. The van der Waals surface area contributed by atoms with E-state index in [4.69, 9.17) is 4.74 Å². The number of ketones is 2. The number of hydrogen-bond acceptors (Lipinski definition) is 10. The molecule has 0 amide bonds. The van der Waals surface area contributed by atoms with Crippen LogP contribution in [0.25, 0.3) is 12.2 Å². The fourth-order valence-electron chi connectivity index (χ4n) is 12.0. The summed E-state index contributed by atoms with van der Waals surface area (Å²) in [4.78, 5) is 37.8. The van der Waals surface area contributed by atoms with E-state index < -0.39 is 48.0 Å². The Hall–Kier alpha value is -6.36. The number of fused-ring (bicyclic) bond motifs is 8. The van der Waals surface area contributed by atoms with Crippen LogP contribution >= 0.6 is 0 Å². The largest absolute Gasteiger partial charge is 0.507 e. The van der Waals surface area contributed by atoms with E-state index in [0.29, 0.717) is 66.9 Å². The zero-order valence-electron chi connectivity index (χ0n) is 41.2. The van der Waals surface area contributed by atoms with Gasteiger partial charge < -0.3 is 50.9 Å². The second-order valence-corrected chi connectivity index (χ2v) is 20.9. The number of anilines is 1. The molecule has 10 rings (SSSR count). The third kappa shape index (κ3) is 10.4. The average Bonchev–Trinajstić information content (AvgIpc) is 4.15. The summed E-state index contributed by atoms with van der Waals surface area (Å²) >= 11 is 0. The lowest BCUT2D eigenvalue weighted by molar-refractivity contribution is -0.135. The number of aryl methyl sites for hydroxylation is 2. The zero-order valence-corrected chi connectivity index (χ0v) is 41.2. The van der Waals surface area contributed by atoms with Gasteiger partial charge >= 0.3 is 0 Å². The smallest absolute Gasteiger partial charge is 0.161 e. The van der Waals surface area contributed by atoms with Crippen LogP contribution in [0.5, 0.6) is 17.2 Å². The average molecular weight is 973 g/mol. The maximum Gasteiger partial charge on any atom is 0.161 e. The van der Waals surface area contributed by atoms with E-state index in [1.807, 2.05) is 48.8 Å². The monoisotopic (exact) mass is 973 g/mol. The second-order valence-electron chi connectivity index (χ2n) is 20.9. The number of carbonyl (C=O) groups excluding carboxylic acids is 2. The number of nitrogens with one attached hydrogen (secondary N) is 4. The van der Waals surface area contributed by atoms with Crippen LogP contribution < -0.4 is 15.4 Å². The summed E-state index contributed by atoms with van der Waals surface area (Å²) in [6.07, 6.45) is 15.4. The van der Waals surface area contributed by atoms with E-state index in [1.165, 1.54) is 0 Å². The van der Waals surface area contributed by atoms with E-state index in [1.54, 1.807) is 24.3 Å². The van der Waals surface area contributed by atoms with Gasteiger partial charge in [0.2, 0.25) is 0 Å². The molecule has 12 nitrogen and oxygen atoms in total. The fourth-order valence-corrected chi connectivity index (χ4v) is 12.0. The van der Waals surface area contributed by atoms with Gasteiger partial charge in [0.05, 0.1) is 29.6 Å². The molecule has 12 heteroatoms. The van der Waals surface area contributed by atoms with E-state index in [-0.39, 0.29) is 54.9 Å². The van der Waals surface area contributed by atoms with E-state index >= 15 is 4.79 Å². The van der Waals surface area contributed by atoms with Gasteiger partial charge in [-0.05, 0) is 152 Å². The van der Waals surface area contributed by atoms with Crippen LogP contribution in [0.15, 0.2) is 84.7 Å². The highest BCUT2D eigenvalue weighted by Crippen LogP contribution is 2.48. The number of aromatic nitrogens is 2. The van der Waals surface area contributed by atoms with Crippen LogP contribution in [0.3, 0.4) is 0 Å². The molecular weight excluding hydrogens is 905 g/mol. The van der Waals surface area contributed by atoms with Crippen molar-refractivity contribution < 1.29 is 39.9 Å². The van der Waals surface area contributed by atoms with Gasteiger partial charge in [-0.25, -0.2) is 0 Å². The van der Waals surface area contributed by atoms with Gasteiger partial charge in [-0.1, -0.05) is 67.3 Å². The minimum absolute atomic E-state index is 0.000248. The number of carbonyl (C=O) groups is 2. The number of rotatable bonds is 10. The number of aliphatic hydroxyl groups excluding tert-OH is 2. The Kier molecular flexibility index (Phi) is 14.6. The highest BCUT2D eigenvalue weighted by molar-refractivity contribution is 6.05. The van der Waals surface area contributed by atoms with Gasteiger partial charge in [0.1, 0.15) is 23.4 Å². The fraction of sp³-hybridized carbons (Fsp3) is 0.433. The minimum Gasteiger partial charge on any atom is -0.507 e. The number of phenols is 2. The molecular formula is C60H68N4O8. The minimum atomic E-state index is -1.44. The maximum atomic E-state index is 16.0. The maximum absolute atomic E-state index is 16.0. The van der Waals surface area contributed by atoms with Crippen LogP contribution in [0.1, 0.15) is 126 Å². The molecule has 0 spiro atoms. The van der Waals surface area contributed by atoms with E-state index in [0.717, 1.165) is 83.3 Å². The number of aromatic hydroxyl groups is 2. The predicted molar refractivity (Wildman–Crippen MR) is 279 cm³/mol. The van der Waals surface area contributed by atoms with Crippen molar-refractivity contribution in [3.05, 3.63) is 140 Å². The number of Topliss-reactive ketones (excluding diaryl/α,β-unsaturated/α-hetero) is 2. The first kappa shape index (κ1) is 49.2. The quantitative estimate of drug-likeness (QED) is 0.0373. The molecule has 9 N–H and O–H groups in total. The lowest BCUT2D eigenvalue weighted by Crippen LogP contribution is -2.43. The van der Waals surface area contributed by atoms with Crippen LogP contribution in [-0.2, 0) is 41.7 Å². The molecule has 7 atom stereocenters. The Morgan fingerprint density at radius 1 is 0.875 bits per heavy atom. The van der Waals surface area contributed by atoms with Crippen molar-refractivity contribution in [1.29, 1.82) is 0 Å². The molecule has 1 saturated carbocycles. The van der Waals surface area contributed by atoms with Gasteiger partial charge in [-0.15, -0.1) is 0 Å². The molecule has 376 valence electrons. The SMILES string of the molecule is CCCNC[C@H]1C#C[C@H]2Nc3[nH]ccc3Cc3cc(ccc3C[C@H]1O)Cc1cc(cc(OC3CCCC3)c1O)CCC(=O)[C@@H](CCO)C(=O)[C@H]1C2=Cc2[nH]ccc2[C@H]1C[C@]1(O)C=Cc2c(O)cccc2CC1. The highest BCUT2D eigenvalue weighted by Gasteiger charge is 2.46. The number of H-pyrrole nitrogens is 2. The van der Waals surface area contributed by atoms with Gasteiger partial charge in [-0.3, -0.25) is 9.59 Å². The molecule has 0 radical (unpaired) electrons. The summed E-state index contributed by atoms with van der Waals surface area (Å²) < 4.78 is 6.51. The van der Waals surface area contributed by atoms with Crippen LogP contribution in [0.2, 0.25) is 0 Å². The van der Waals surface area contributed by atoms with Crippen molar-refractivity contribution in [2.24, 2.45) is 17.8 Å². The molecule has 2 aromatic heterocycles. The molecule has 3 aliphatic carbocycles. The van der Waals surface area contributed by atoms with Gasteiger partial charge in [0, 0.05) is 73.5 Å². The summed E-state index contributed by atoms with van der Waals surface area (Å²) in [6, 6.07) is 18.6. The standard InChI is InChI=1S/C60H68N4O8/c1-2-23-61-35-41-13-14-50-48-33-51-46(19-25-62-51)49(34-60(71)21-16-38-6-5-9-52(66)45(38)17-22-60)56(48)58(70)47(20-26-65)53(67)15-11-37-29-43(57(69)55(30-37)72-44-7-3-4-8-44)28-36-10-12-39(32-54(41)68)42(27-36)31-40-18-24-63-59(40)64-50/h5-6,9-10,12,17-19,22,24-25,27,29-30,33,41,44,47,49-50,54,56,61-66,68-69,71H,2-4,7-8,11,15-16,20-21,23,26,28,31-32,34-35H2,1H3/t41-,47-,49-,50-,54-,56+,60-/m1/s1. The molecule has 72 heavy (non-hydrogen) atoms. The van der Waals surface area contributed by atoms with Crippen LogP contribution in [0, 0.1) is 29.6 Å². The lowest BCUT2D eigenvalue weighted by Gasteiger charge is -2.39. The topological polar surface area (TPSA) is 200 Å². The van der Waals surface area contributed by atoms with Gasteiger partial charge in [0.15, 0.2) is 17.3 Å². The molecule has 2 aliphatic heterocycles. The Bertz CT molecular complexity index is 2930. The summed E-state index contributed by atoms with van der Waals surface area (Å²) in [5.74, 6) is 4.28. The third-order valence-corrected chi connectivity index (χ3v) is 15.9. The highest BCUT2D eigenvalue weighted by atomic mass is 16.5. The Balaban J connectivity index is 1.15. The molecule has 4 heterocycles. The first-order valence-electron chi connectivity index (χ1n) is 26.2. The van der Waals surface area contributed by atoms with Crippen LogP contribution in [0.4, 0.5) is 5.82 Å². The molecule has 3 aromatic carbocycles. The summed E-state index contributed by atoms with van der Waals surface area (Å²) in [7, 11) is 0. The predicted octanol–water partition coefficient (Wildman–Crippen LogP) is 8.23. The van der Waals surface area contributed by atoms with Gasteiger partial charge in [-0.2, -0.15) is 0 Å². The normalized spacial score (nSPS) is 25.3. The molecule has 5 aromatic rings. The van der Waals surface area contributed by atoms with Gasteiger partial charge in [0.25, 0.3) is 0 Å². The van der Waals surface area contributed by atoms with Crippen molar-refractivity contribution in [2.75, 3.05) is 25.0 Å². The Labute approximate surface area is 422 Å². The lowest BCUT2D eigenvalue weighted by atomic mass is 9.65. The van der Waals surface area contributed by atoms with E-state index in [9.17, 15) is 30.3 Å². The van der Waals surface area contributed by atoms with Crippen molar-refractivity contribution in [3.63, 3.8) is 0 Å². The summed E-state index contributed by atoms with van der Waals surface area (Å²) in [5.41, 5.74) is 7.68. The molecule has 5 aliphatic rings. The zero-order chi connectivity index (χ0) is 49.9. The number of hydrogen-bond donors (Lipinski definition) is 9. The summed E-state index contributed by atoms with van der Waals surface area (Å²) in [5, 5.41) is 65.8. The van der Waals surface area contributed by atoms with Crippen molar-refractivity contribution >= 4 is 29.5 Å². The number of ether oxygens (including phenoxy) is 1. The number of aliphatic hydroxyl groups is 3. The third-order valence-electron chi connectivity index (χ3n) is 15.9. The van der Waals surface area contributed by atoms with Crippen LogP contribution in [-0.4, -0.2) is 90.6 Å². The van der Waals surface area contributed by atoms with Crippen molar-refractivity contribution in [2.45, 2.75) is 127 Å². The molecule has 1 fully saturated rings. The number of benzene rings is 3. The number of phenolic OH excluding ortho intramolecular Hbond substituents is 2. The Morgan fingerprint density at radius 2 is 1.71 bits per heavy atom.